The van der Waals surface area contributed by atoms with E-state index in [1.54, 1.807) is 0 Å². The minimum absolute atomic E-state index is 0.393. The Morgan fingerprint density at radius 3 is 2.60 bits per heavy atom. The molecule has 0 aromatic heterocycles. The third-order valence-corrected chi connectivity index (χ3v) is 4.25. The Hall–Kier alpha value is -0.980. The average molecular weight is 203 g/mol. The Labute approximate surface area is 92.7 Å². The standard InChI is InChI=1S/C14H21N/c1-4-14(5-2)9-10(3)13-11(14)7-6-8-12(13)15/h6-8,10H,4-5,9,15H2,1-3H3/t10-/m1/s1. The maximum atomic E-state index is 6.09. The summed E-state index contributed by atoms with van der Waals surface area (Å²) in [7, 11) is 0. The van der Waals surface area contributed by atoms with Gasteiger partial charge in [-0.05, 0) is 47.8 Å². The number of hydrogen-bond donors (Lipinski definition) is 1. The van der Waals surface area contributed by atoms with Crippen LogP contribution in [0.2, 0.25) is 0 Å². The third kappa shape index (κ3) is 1.37. The highest BCUT2D eigenvalue weighted by atomic mass is 14.6. The molecule has 0 heterocycles. The van der Waals surface area contributed by atoms with Crippen LogP contribution in [0.1, 0.15) is 57.1 Å². The molecule has 1 nitrogen and oxygen atoms in total. The number of anilines is 1. The topological polar surface area (TPSA) is 26.0 Å². The van der Waals surface area contributed by atoms with Crippen LogP contribution in [0.3, 0.4) is 0 Å². The fraction of sp³-hybridized carbons (Fsp3) is 0.571. The fourth-order valence-corrected chi connectivity index (χ4v) is 3.31. The van der Waals surface area contributed by atoms with Crippen molar-refractivity contribution >= 4 is 5.69 Å². The Morgan fingerprint density at radius 1 is 1.33 bits per heavy atom. The second kappa shape index (κ2) is 3.55. The smallest absolute Gasteiger partial charge is 0.0352 e. The summed E-state index contributed by atoms with van der Waals surface area (Å²) in [5.74, 6) is 0.626. The van der Waals surface area contributed by atoms with E-state index >= 15 is 0 Å². The predicted molar refractivity (Wildman–Crippen MR) is 66.1 cm³/mol. The highest BCUT2D eigenvalue weighted by Gasteiger charge is 2.40. The van der Waals surface area contributed by atoms with Crippen molar-refractivity contribution in [2.75, 3.05) is 5.73 Å². The SMILES string of the molecule is CCC1(CC)C[C@@H](C)c2c(N)cccc21. The number of nitrogen functional groups attached to an aromatic ring is 1. The largest absolute Gasteiger partial charge is 0.398 e. The van der Waals surface area contributed by atoms with Crippen molar-refractivity contribution in [1.82, 2.24) is 0 Å². The molecule has 0 spiro atoms. The Balaban J connectivity index is 2.60. The van der Waals surface area contributed by atoms with Crippen LogP contribution in [-0.4, -0.2) is 0 Å². The Morgan fingerprint density at radius 2 is 2.00 bits per heavy atom. The van der Waals surface area contributed by atoms with Gasteiger partial charge in [-0.25, -0.2) is 0 Å². The molecule has 0 radical (unpaired) electrons. The molecule has 0 saturated heterocycles. The molecular formula is C14H21N. The summed E-state index contributed by atoms with van der Waals surface area (Å²) in [5.41, 5.74) is 10.4. The summed E-state index contributed by atoms with van der Waals surface area (Å²) in [5, 5.41) is 0. The number of nitrogens with two attached hydrogens (primary N) is 1. The molecule has 1 aromatic rings. The van der Waals surface area contributed by atoms with Crippen LogP contribution in [0.25, 0.3) is 0 Å². The molecule has 2 N–H and O–H groups in total. The first-order chi connectivity index (χ1) is 7.14. The minimum atomic E-state index is 0.393. The van der Waals surface area contributed by atoms with E-state index in [4.69, 9.17) is 5.73 Å². The zero-order chi connectivity index (χ0) is 11.1. The summed E-state index contributed by atoms with van der Waals surface area (Å²) < 4.78 is 0. The van der Waals surface area contributed by atoms with Crippen molar-refractivity contribution in [3.63, 3.8) is 0 Å². The van der Waals surface area contributed by atoms with Gasteiger partial charge in [0, 0.05) is 5.69 Å². The van der Waals surface area contributed by atoms with E-state index in [1.807, 2.05) is 6.07 Å². The second-order valence-corrected chi connectivity index (χ2v) is 4.90. The normalized spacial score (nSPS) is 22.7. The van der Waals surface area contributed by atoms with Gasteiger partial charge in [-0.15, -0.1) is 0 Å². The van der Waals surface area contributed by atoms with E-state index in [1.165, 1.54) is 30.4 Å². The van der Waals surface area contributed by atoms with Gasteiger partial charge in [0.25, 0.3) is 0 Å². The molecule has 1 atom stereocenters. The van der Waals surface area contributed by atoms with Crippen molar-refractivity contribution in [1.29, 1.82) is 0 Å². The zero-order valence-corrected chi connectivity index (χ0v) is 10.0. The molecule has 1 aliphatic carbocycles. The molecule has 0 fully saturated rings. The summed E-state index contributed by atoms with van der Waals surface area (Å²) >= 11 is 0. The van der Waals surface area contributed by atoms with Gasteiger partial charge in [0.15, 0.2) is 0 Å². The van der Waals surface area contributed by atoms with Crippen LogP contribution in [0, 0.1) is 0 Å². The summed E-state index contributed by atoms with van der Waals surface area (Å²) in [6.07, 6.45) is 3.72. The Kier molecular flexibility index (Phi) is 2.49. The molecule has 0 amide bonds. The summed E-state index contributed by atoms with van der Waals surface area (Å²) in [4.78, 5) is 0. The van der Waals surface area contributed by atoms with Crippen molar-refractivity contribution < 1.29 is 0 Å². The van der Waals surface area contributed by atoms with Crippen molar-refractivity contribution in [3.8, 4) is 0 Å². The average Bonchev–Trinajstić information content (AvgIpc) is 2.54. The van der Waals surface area contributed by atoms with Crippen LogP contribution in [0.15, 0.2) is 18.2 Å². The van der Waals surface area contributed by atoms with Gasteiger partial charge in [0.05, 0.1) is 0 Å². The summed E-state index contributed by atoms with van der Waals surface area (Å²) in [6.45, 7) is 6.91. The number of fused-ring (bicyclic) bond motifs is 1. The third-order valence-electron chi connectivity index (χ3n) is 4.25. The quantitative estimate of drug-likeness (QED) is 0.726. The van der Waals surface area contributed by atoms with Gasteiger partial charge in [-0.3, -0.25) is 0 Å². The second-order valence-electron chi connectivity index (χ2n) is 4.90. The zero-order valence-electron chi connectivity index (χ0n) is 10.0. The highest BCUT2D eigenvalue weighted by molar-refractivity contribution is 5.58. The maximum absolute atomic E-state index is 6.09. The molecule has 0 unspecified atom stereocenters. The molecule has 15 heavy (non-hydrogen) atoms. The van der Waals surface area contributed by atoms with E-state index in [2.05, 4.69) is 32.9 Å². The van der Waals surface area contributed by atoms with Crippen LogP contribution in [0.4, 0.5) is 5.69 Å². The van der Waals surface area contributed by atoms with Gasteiger partial charge in [0.2, 0.25) is 0 Å². The lowest BCUT2D eigenvalue weighted by molar-refractivity contribution is 0.376. The lowest BCUT2D eigenvalue weighted by atomic mass is 9.77. The van der Waals surface area contributed by atoms with Crippen LogP contribution in [0.5, 0.6) is 0 Å². The highest BCUT2D eigenvalue weighted by Crippen LogP contribution is 2.51. The molecule has 1 aliphatic rings. The molecule has 1 aromatic carbocycles. The molecule has 0 saturated carbocycles. The first kappa shape index (κ1) is 10.5. The van der Waals surface area contributed by atoms with Gasteiger partial charge >= 0.3 is 0 Å². The molecule has 82 valence electrons. The van der Waals surface area contributed by atoms with Gasteiger partial charge in [-0.2, -0.15) is 0 Å². The lowest BCUT2D eigenvalue weighted by Gasteiger charge is -2.27. The van der Waals surface area contributed by atoms with E-state index in [0.29, 0.717) is 11.3 Å². The molecule has 1 heteroatoms. The number of hydrogen-bond acceptors (Lipinski definition) is 1. The predicted octanol–water partition coefficient (Wildman–Crippen LogP) is 3.83. The summed E-state index contributed by atoms with van der Waals surface area (Å²) in [6, 6.07) is 6.42. The van der Waals surface area contributed by atoms with Gasteiger partial charge < -0.3 is 5.73 Å². The molecular weight excluding hydrogens is 182 g/mol. The van der Waals surface area contributed by atoms with E-state index < -0.39 is 0 Å². The van der Waals surface area contributed by atoms with E-state index in [9.17, 15) is 0 Å². The van der Waals surface area contributed by atoms with Gasteiger partial charge in [-0.1, -0.05) is 32.9 Å². The molecule has 0 aliphatic heterocycles. The van der Waals surface area contributed by atoms with Crippen LogP contribution in [-0.2, 0) is 5.41 Å². The monoisotopic (exact) mass is 203 g/mol. The maximum Gasteiger partial charge on any atom is 0.0352 e. The van der Waals surface area contributed by atoms with Crippen molar-refractivity contribution in [2.24, 2.45) is 0 Å². The number of benzene rings is 1. The van der Waals surface area contributed by atoms with Crippen LogP contribution < -0.4 is 5.73 Å². The van der Waals surface area contributed by atoms with Gasteiger partial charge in [0.1, 0.15) is 0 Å². The minimum Gasteiger partial charge on any atom is -0.398 e. The van der Waals surface area contributed by atoms with Crippen molar-refractivity contribution in [2.45, 2.75) is 51.4 Å². The van der Waals surface area contributed by atoms with E-state index in [-0.39, 0.29) is 0 Å². The van der Waals surface area contributed by atoms with E-state index in [0.717, 1.165) is 5.69 Å². The molecule has 0 bridgehead atoms. The first-order valence-corrected chi connectivity index (χ1v) is 6.03. The number of rotatable bonds is 2. The molecule has 2 rings (SSSR count). The van der Waals surface area contributed by atoms with Crippen LogP contribution >= 0.6 is 0 Å². The Bertz CT molecular complexity index is 364. The first-order valence-electron chi connectivity index (χ1n) is 6.03. The lowest BCUT2D eigenvalue weighted by Crippen LogP contribution is -2.20. The fourth-order valence-electron chi connectivity index (χ4n) is 3.31. The van der Waals surface area contributed by atoms with Crippen molar-refractivity contribution in [3.05, 3.63) is 29.3 Å².